The van der Waals surface area contributed by atoms with E-state index in [9.17, 15) is 14.9 Å². The van der Waals surface area contributed by atoms with Crippen molar-refractivity contribution < 1.29 is 9.72 Å². The topological polar surface area (TPSA) is 72.2 Å². The van der Waals surface area contributed by atoms with Gasteiger partial charge in [0.2, 0.25) is 5.91 Å². The Balaban J connectivity index is 2.68. The first-order chi connectivity index (χ1) is 8.13. The third-order valence-electron chi connectivity index (χ3n) is 2.06. The number of non-ortho nitro benzene ring substituents is 1. The van der Waals surface area contributed by atoms with Crippen LogP contribution in [-0.2, 0) is 4.79 Å². The van der Waals surface area contributed by atoms with E-state index in [0.29, 0.717) is 12.1 Å². The van der Waals surface area contributed by atoms with E-state index in [4.69, 9.17) is 0 Å². The molecule has 5 heteroatoms. The maximum atomic E-state index is 11.3. The summed E-state index contributed by atoms with van der Waals surface area (Å²) in [5.74, 6) is -0.196. The second-order valence-electron chi connectivity index (χ2n) is 3.48. The van der Waals surface area contributed by atoms with Crippen molar-refractivity contribution in [1.82, 2.24) is 5.32 Å². The van der Waals surface area contributed by atoms with E-state index < -0.39 is 4.92 Å². The van der Waals surface area contributed by atoms with E-state index in [1.807, 2.05) is 6.92 Å². The molecule has 0 heterocycles. The van der Waals surface area contributed by atoms with Gasteiger partial charge >= 0.3 is 0 Å². The van der Waals surface area contributed by atoms with E-state index >= 15 is 0 Å². The highest BCUT2D eigenvalue weighted by Gasteiger charge is 2.03. The maximum absolute atomic E-state index is 11.3. The molecule has 0 spiro atoms. The highest BCUT2D eigenvalue weighted by Crippen LogP contribution is 2.13. The summed E-state index contributed by atoms with van der Waals surface area (Å²) in [6.07, 6.45) is 3.79. The molecule has 1 rings (SSSR count). The Morgan fingerprint density at radius 2 is 2.29 bits per heavy atom. The lowest BCUT2D eigenvalue weighted by atomic mass is 10.2. The minimum Gasteiger partial charge on any atom is -0.353 e. The van der Waals surface area contributed by atoms with Crippen molar-refractivity contribution in [1.29, 1.82) is 0 Å². The van der Waals surface area contributed by atoms with E-state index in [-0.39, 0.29) is 11.6 Å². The number of rotatable bonds is 5. The van der Waals surface area contributed by atoms with Crippen molar-refractivity contribution in [2.75, 3.05) is 6.54 Å². The normalized spacial score (nSPS) is 10.4. The number of hydrogen-bond donors (Lipinski definition) is 1. The number of nitrogens with one attached hydrogen (secondary N) is 1. The largest absolute Gasteiger partial charge is 0.353 e. The Morgan fingerprint density at radius 1 is 1.53 bits per heavy atom. The first-order valence-electron chi connectivity index (χ1n) is 5.34. The molecule has 0 bridgehead atoms. The fraction of sp³-hybridized carbons (Fsp3) is 0.250. The van der Waals surface area contributed by atoms with E-state index in [1.54, 1.807) is 18.2 Å². The fourth-order valence-corrected chi connectivity index (χ4v) is 1.22. The summed E-state index contributed by atoms with van der Waals surface area (Å²) in [6, 6.07) is 6.12. The third-order valence-corrected chi connectivity index (χ3v) is 2.06. The summed E-state index contributed by atoms with van der Waals surface area (Å²) in [5, 5.41) is 13.2. The molecule has 0 saturated carbocycles. The van der Waals surface area contributed by atoms with Crippen molar-refractivity contribution in [3.63, 3.8) is 0 Å². The van der Waals surface area contributed by atoms with Gasteiger partial charge in [-0.1, -0.05) is 19.1 Å². The van der Waals surface area contributed by atoms with Crippen LogP contribution in [-0.4, -0.2) is 17.4 Å². The highest BCUT2D eigenvalue weighted by molar-refractivity contribution is 5.91. The van der Waals surface area contributed by atoms with E-state index in [0.717, 1.165) is 6.42 Å². The van der Waals surface area contributed by atoms with Crippen molar-refractivity contribution in [2.24, 2.45) is 0 Å². The third kappa shape index (κ3) is 4.46. The molecule has 0 aliphatic heterocycles. The number of amides is 1. The Bertz CT molecular complexity index is 441. The summed E-state index contributed by atoms with van der Waals surface area (Å²) < 4.78 is 0. The molecule has 5 nitrogen and oxygen atoms in total. The number of hydrogen-bond acceptors (Lipinski definition) is 3. The quantitative estimate of drug-likeness (QED) is 0.482. The molecule has 1 N–H and O–H groups in total. The molecule has 1 aromatic rings. The summed E-state index contributed by atoms with van der Waals surface area (Å²) in [6.45, 7) is 2.59. The van der Waals surface area contributed by atoms with Crippen LogP contribution in [0.3, 0.4) is 0 Å². The van der Waals surface area contributed by atoms with Gasteiger partial charge in [-0.25, -0.2) is 0 Å². The van der Waals surface area contributed by atoms with Gasteiger partial charge in [-0.2, -0.15) is 0 Å². The molecular formula is C12H14N2O3. The molecule has 0 fully saturated rings. The van der Waals surface area contributed by atoms with Crippen LogP contribution in [0.5, 0.6) is 0 Å². The van der Waals surface area contributed by atoms with E-state index in [1.165, 1.54) is 18.2 Å². The fourth-order valence-electron chi connectivity index (χ4n) is 1.22. The molecule has 0 aliphatic rings. The number of benzene rings is 1. The monoisotopic (exact) mass is 234 g/mol. The first kappa shape index (κ1) is 12.9. The Morgan fingerprint density at radius 3 is 2.94 bits per heavy atom. The molecule has 0 unspecified atom stereocenters. The number of nitro benzene ring substituents is 1. The molecule has 0 aliphatic carbocycles. The molecule has 1 aromatic carbocycles. The lowest BCUT2D eigenvalue weighted by Crippen LogP contribution is -2.21. The molecule has 90 valence electrons. The minimum absolute atomic E-state index is 0.0149. The standard InChI is InChI=1S/C12H14N2O3/c1-2-8-13-12(15)7-6-10-4-3-5-11(9-10)14(16)17/h3-7,9H,2,8H2,1H3,(H,13,15)/b7-6-. The van der Waals surface area contributed by atoms with E-state index in [2.05, 4.69) is 5.32 Å². The molecule has 1 amide bonds. The summed E-state index contributed by atoms with van der Waals surface area (Å²) in [4.78, 5) is 21.3. The summed E-state index contributed by atoms with van der Waals surface area (Å²) in [7, 11) is 0. The van der Waals surface area contributed by atoms with Crippen LogP contribution < -0.4 is 5.32 Å². The van der Waals surface area contributed by atoms with Gasteiger partial charge in [0, 0.05) is 24.8 Å². The van der Waals surface area contributed by atoms with Crippen LogP contribution in [0.4, 0.5) is 5.69 Å². The lowest BCUT2D eigenvalue weighted by molar-refractivity contribution is -0.384. The number of carbonyl (C=O) groups excluding carboxylic acids is 1. The van der Waals surface area contributed by atoms with Crippen LogP contribution in [0, 0.1) is 10.1 Å². The number of nitrogens with zero attached hydrogens (tertiary/aromatic N) is 1. The average molecular weight is 234 g/mol. The van der Waals surface area contributed by atoms with Crippen molar-refractivity contribution in [3.05, 3.63) is 46.0 Å². The first-order valence-corrected chi connectivity index (χ1v) is 5.34. The van der Waals surface area contributed by atoms with Gasteiger partial charge in [0.25, 0.3) is 5.69 Å². The zero-order valence-corrected chi connectivity index (χ0v) is 9.55. The zero-order valence-electron chi connectivity index (χ0n) is 9.55. The predicted octanol–water partition coefficient (Wildman–Crippen LogP) is 2.13. The Kier molecular flexibility index (Phi) is 4.87. The van der Waals surface area contributed by atoms with Gasteiger partial charge in [-0.3, -0.25) is 14.9 Å². The van der Waals surface area contributed by atoms with Crippen LogP contribution >= 0.6 is 0 Å². The predicted molar refractivity (Wildman–Crippen MR) is 65.4 cm³/mol. The van der Waals surface area contributed by atoms with Crippen LogP contribution in [0.1, 0.15) is 18.9 Å². The van der Waals surface area contributed by atoms with Gasteiger partial charge in [0.05, 0.1) is 4.92 Å². The number of carbonyl (C=O) groups is 1. The molecule has 0 saturated heterocycles. The highest BCUT2D eigenvalue weighted by atomic mass is 16.6. The van der Waals surface area contributed by atoms with Crippen LogP contribution in [0.25, 0.3) is 6.08 Å². The molecule has 0 aromatic heterocycles. The van der Waals surface area contributed by atoms with Crippen molar-refractivity contribution >= 4 is 17.7 Å². The molecule has 0 radical (unpaired) electrons. The second kappa shape index (κ2) is 6.42. The molecular weight excluding hydrogens is 220 g/mol. The zero-order chi connectivity index (χ0) is 12.7. The van der Waals surface area contributed by atoms with Crippen molar-refractivity contribution in [2.45, 2.75) is 13.3 Å². The number of nitro groups is 1. The van der Waals surface area contributed by atoms with Gasteiger partial charge in [0.1, 0.15) is 0 Å². The lowest BCUT2D eigenvalue weighted by Gasteiger charge is -1.97. The summed E-state index contributed by atoms with van der Waals surface area (Å²) in [5.41, 5.74) is 0.645. The minimum atomic E-state index is -0.464. The van der Waals surface area contributed by atoms with Gasteiger partial charge < -0.3 is 5.32 Å². The molecule has 0 atom stereocenters. The maximum Gasteiger partial charge on any atom is 0.270 e. The van der Waals surface area contributed by atoms with Crippen LogP contribution in [0.2, 0.25) is 0 Å². The summed E-state index contributed by atoms with van der Waals surface area (Å²) >= 11 is 0. The smallest absolute Gasteiger partial charge is 0.270 e. The van der Waals surface area contributed by atoms with Gasteiger partial charge in [0.15, 0.2) is 0 Å². The van der Waals surface area contributed by atoms with Gasteiger partial charge in [-0.15, -0.1) is 0 Å². The Hall–Kier alpha value is -2.17. The molecule has 17 heavy (non-hydrogen) atoms. The Labute approximate surface area is 99.3 Å². The second-order valence-corrected chi connectivity index (χ2v) is 3.48. The van der Waals surface area contributed by atoms with Crippen molar-refractivity contribution in [3.8, 4) is 0 Å². The van der Waals surface area contributed by atoms with Crippen LogP contribution in [0.15, 0.2) is 30.3 Å². The SMILES string of the molecule is CCCNC(=O)/C=C\c1cccc([N+](=O)[O-])c1. The average Bonchev–Trinajstić information content (AvgIpc) is 2.34. The van der Waals surface area contributed by atoms with Gasteiger partial charge in [-0.05, 0) is 18.1 Å².